The van der Waals surface area contributed by atoms with E-state index in [-0.39, 0.29) is 12.2 Å². The van der Waals surface area contributed by atoms with E-state index in [1.807, 2.05) is 35.8 Å². The Labute approximate surface area is 169 Å². The third-order valence-electron chi connectivity index (χ3n) is 4.70. The number of benzene rings is 2. The number of ether oxygens (including phenoxy) is 1. The summed E-state index contributed by atoms with van der Waals surface area (Å²) in [6.45, 7) is 2.29. The zero-order valence-electron chi connectivity index (χ0n) is 15.3. The fraction of sp³-hybridized carbons (Fsp3) is 0.250. The number of carbonyl (C=O) groups is 1. The van der Waals surface area contributed by atoms with Gasteiger partial charge in [0.25, 0.3) is 0 Å². The summed E-state index contributed by atoms with van der Waals surface area (Å²) in [6, 6.07) is 12.3. The summed E-state index contributed by atoms with van der Waals surface area (Å²) in [7, 11) is 0. The number of halogens is 4. The molecule has 2 aromatic carbocycles. The van der Waals surface area contributed by atoms with Crippen molar-refractivity contribution in [3.05, 3.63) is 65.4 Å². The van der Waals surface area contributed by atoms with Crippen LogP contribution in [0.25, 0.3) is 10.9 Å². The van der Waals surface area contributed by atoms with Gasteiger partial charge in [-0.05, 0) is 48.0 Å². The van der Waals surface area contributed by atoms with Gasteiger partial charge < -0.3 is 14.4 Å². The van der Waals surface area contributed by atoms with Crippen molar-refractivity contribution in [2.24, 2.45) is 0 Å². The summed E-state index contributed by atoms with van der Waals surface area (Å²) >= 11 is 5.58. The molecule has 0 bridgehead atoms. The lowest BCUT2D eigenvalue weighted by atomic mass is 10.0. The molecule has 0 aliphatic heterocycles. The molecule has 0 amide bonds. The Morgan fingerprint density at radius 3 is 2.45 bits per heavy atom. The van der Waals surface area contributed by atoms with Gasteiger partial charge in [0.05, 0.1) is 0 Å². The van der Waals surface area contributed by atoms with Gasteiger partial charge in [-0.2, -0.15) is 0 Å². The van der Waals surface area contributed by atoms with Crippen LogP contribution < -0.4 is 9.57 Å². The molecule has 3 rings (SSSR count). The minimum Gasteiger partial charge on any atom is -0.480 e. The Balaban J connectivity index is 1.94. The Hall–Kier alpha value is -2.71. The summed E-state index contributed by atoms with van der Waals surface area (Å²) < 4.78 is 42.9. The van der Waals surface area contributed by atoms with Gasteiger partial charge in [0.15, 0.2) is 0 Å². The number of carboxylic acids is 1. The number of nitrogens with one attached hydrogen (secondary N) is 1. The molecule has 0 radical (unpaired) electrons. The molecule has 29 heavy (non-hydrogen) atoms. The van der Waals surface area contributed by atoms with Crippen LogP contribution in [0.4, 0.5) is 13.2 Å². The number of aliphatic carboxylic acids is 1. The van der Waals surface area contributed by atoms with Crippen LogP contribution in [0.15, 0.2) is 48.5 Å². The monoisotopic (exact) mass is 426 g/mol. The van der Waals surface area contributed by atoms with Gasteiger partial charge in [-0.3, -0.25) is 4.79 Å². The molecular weight excluding hydrogens is 409 g/mol. The van der Waals surface area contributed by atoms with Crippen molar-refractivity contribution < 1.29 is 27.8 Å². The highest BCUT2D eigenvalue weighted by Gasteiger charge is 2.31. The van der Waals surface area contributed by atoms with Crippen LogP contribution in [0.5, 0.6) is 5.75 Å². The summed E-state index contributed by atoms with van der Waals surface area (Å²) in [6.07, 6.45) is -4.54. The van der Waals surface area contributed by atoms with Crippen molar-refractivity contribution in [1.29, 1.82) is 0 Å². The third kappa shape index (κ3) is 4.83. The molecule has 0 saturated carbocycles. The van der Waals surface area contributed by atoms with Crippen molar-refractivity contribution >= 4 is 28.6 Å². The van der Waals surface area contributed by atoms with Gasteiger partial charge in [0, 0.05) is 29.6 Å². The van der Waals surface area contributed by atoms with Crippen LogP contribution >= 0.6 is 11.8 Å². The van der Waals surface area contributed by atoms with E-state index in [1.54, 1.807) is 12.1 Å². The molecule has 1 heterocycles. The maximum Gasteiger partial charge on any atom is 0.573 e. The lowest BCUT2D eigenvalue weighted by molar-refractivity contribution is -0.274. The lowest BCUT2D eigenvalue weighted by Crippen LogP contribution is -2.32. The van der Waals surface area contributed by atoms with E-state index in [4.69, 9.17) is 11.8 Å². The van der Waals surface area contributed by atoms with E-state index in [0.717, 1.165) is 27.7 Å². The highest BCUT2D eigenvalue weighted by atomic mass is 35.5. The topological polar surface area (TPSA) is 63.5 Å². The van der Waals surface area contributed by atoms with Gasteiger partial charge in [0.2, 0.25) is 0 Å². The zero-order valence-corrected chi connectivity index (χ0v) is 16.1. The molecule has 0 saturated heterocycles. The molecule has 154 valence electrons. The SMILES string of the molecule is Cc1c(CC(NCl)C(=O)O)c2ccccc2n1Cc1ccc(OC(F)(F)F)cc1. The van der Waals surface area contributed by atoms with Gasteiger partial charge in [0.1, 0.15) is 11.8 Å². The summed E-state index contributed by atoms with van der Waals surface area (Å²) in [5.74, 6) is -1.34. The Morgan fingerprint density at radius 1 is 1.21 bits per heavy atom. The van der Waals surface area contributed by atoms with Crippen LogP contribution in [-0.4, -0.2) is 28.0 Å². The summed E-state index contributed by atoms with van der Waals surface area (Å²) in [4.78, 5) is 13.6. The zero-order chi connectivity index (χ0) is 21.2. The van der Waals surface area contributed by atoms with E-state index in [1.165, 1.54) is 12.1 Å². The standard InChI is InChI=1S/C20H18ClF3N2O3/c1-12-16(10-17(25-21)19(27)28)15-4-2-3-5-18(15)26(12)11-13-6-8-14(9-7-13)29-20(22,23)24/h2-9,17,25H,10-11H2,1H3,(H,27,28). The fourth-order valence-corrected chi connectivity index (χ4v) is 3.49. The summed E-state index contributed by atoms with van der Waals surface area (Å²) in [5.41, 5.74) is 3.38. The van der Waals surface area contributed by atoms with Crippen LogP contribution in [0.2, 0.25) is 0 Å². The molecule has 2 N–H and O–H groups in total. The van der Waals surface area contributed by atoms with Crippen LogP contribution in [0, 0.1) is 6.92 Å². The minimum absolute atomic E-state index is 0.191. The number of hydrogen-bond donors (Lipinski definition) is 2. The van der Waals surface area contributed by atoms with Crippen LogP contribution in [0.1, 0.15) is 16.8 Å². The highest BCUT2D eigenvalue weighted by Crippen LogP contribution is 2.29. The highest BCUT2D eigenvalue weighted by molar-refractivity contribution is 6.14. The van der Waals surface area contributed by atoms with Crippen molar-refractivity contribution in [1.82, 2.24) is 9.40 Å². The first-order valence-electron chi connectivity index (χ1n) is 8.70. The Bertz CT molecular complexity index is 1020. The smallest absolute Gasteiger partial charge is 0.480 e. The second kappa shape index (κ2) is 8.34. The van der Waals surface area contributed by atoms with E-state index < -0.39 is 18.4 Å². The van der Waals surface area contributed by atoms with E-state index in [0.29, 0.717) is 6.54 Å². The van der Waals surface area contributed by atoms with E-state index in [9.17, 15) is 23.1 Å². The molecule has 3 aromatic rings. The van der Waals surface area contributed by atoms with Crippen LogP contribution in [0.3, 0.4) is 0 Å². The fourth-order valence-electron chi connectivity index (χ4n) is 3.32. The number of carboxylic acid groups (broad SMARTS) is 1. The number of hydrogen-bond acceptors (Lipinski definition) is 3. The first-order valence-corrected chi connectivity index (χ1v) is 9.07. The van der Waals surface area contributed by atoms with Crippen molar-refractivity contribution in [2.45, 2.75) is 32.3 Å². The Morgan fingerprint density at radius 2 is 1.86 bits per heavy atom. The molecule has 9 heteroatoms. The average molecular weight is 427 g/mol. The van der Waals surface area contributed by atoms with Gasteiger partial charge in [-0.25, -0.2) is 4.84 Å². The molecule has 1 aromatic heterocycles. The number of aromatic nitrogens is 1. The quantitative estimate of drug-likeness (QED) is 0.540. The predicted molar refractivity (Wildman–Crippen MR) is 103 cm³/mol. The van der Waals surface area contributed by atoms with Gasteiger partial charge in [-0.15, -0.1) is 13.2 Å². The first-order chi connectivity index (χ1) is 13.7. The Kier molecular flexibility index (Phi) is 6.04. The van der Waals surface area contributed by atoms with Gasteiger partial charge in [-0.1, -0.05) is 30.3 Å². The largest absolute Gasteiger partial charge is 0.573 e. The molecule has 1 atom stereocenters. The maximum atomic E-state index is 12.3. The molecule has 5 nitrogen and oxygen atoms in total. The molecule has 0 spiro atoms. The summed E-state index contributed by atoms with van der Waals surface area (Å²) in [5, 5.41) is 10.2. The second-order valence-corrected chi connectivity index (χ2v) is 6.78. The molecule has 0 fully saturated rings. The van der Waals surface area contributed by atoms with E-state index in [2.05, 4.69) is 9.57 Å². The van der Waals surface area contributed by atoms with Gasteiger partial charge >= 0.3 is 12.3 Å². The first kappa shape index (κ1) is 21.0. The lowest BCUT2D eigenvalue weighted by Gasteiger charge is -2.12. The third-order valence-corrected chi connectivity index (χ3v) is 4.96. The van der Waals surface area contributed by atoms with E-state index >= 15 is 0 Å². The number of rotatable bonds is 7. The number of fused-ring (bicyclic) bond motifs is 1. The molecule has 0 aliphatic carbocycles. The average Bonchev–Trinajstić information content (AvgIpc) is 2.91. The van der Waals surface area contributed by atoms with Crippen LogP contribution in [-0.2, 0) is 17.8 Å². The number of para-hydroxylation sites is 1. The molecule has 0 aliphatic rings. The number of alkyl halides is 3. The van der Waals surface area contributed by atoms with Crippen molar-refractivity contribution in [3.63, 3.8) is 0 Å². The van der Waals surface area contributed by atoms with Crippen molar-refractivity contribution in [3.8, 4) is 5.75 Å². The predicted octanol–water partition coefficient (Wildman–Crippen LogP) is 4.64. The minimum atomic E-state index is -4.74. The molecule has 1 unspecified atom stereocenters. The van der Waals surface area contributed by atoms with Crippen molar-refractivity contribution in [2.75, 3.05) is 0 Å². The number of nitrogens with zero attached hydrogens (tertiary/aromatic N) is 1. The second-order valence-electron chi connectivity index (χ2n) is 6.56. The normalized spacial score (nSPS) is 12.9. The molecular formula is C20H18ClF3N2O3. The maximum absolute atomic E-state index is 12.3.